The number of pyridine rings is 1. The van der Waals surface area contributed by atoms with E-state index >= 15 is 0 Å². The third-order valence-corrected chi connectivity index (χ3v) is 4.54. The van der Waals surface area contributed by atoms with E-state index in [2.05, 4.69) is 63.8 Å². The number of anilines is 1. The van der Waals surface area contributed by atoms with Crippen LogP contribution in [0.5, 0.6) is 0 Å². The summed E-state index contributed by atoms with van der Waals surface area (Å²) in [5, 5.41) is 14.7. The molecule has 2 aromatic heterocycles. The van der Waals surface area contributed by atoms with E-state index in [9.17, 15) is 0 Å². The molecule has 4 nitrogen and oxygen atoms in total. The van der Waals surface area contributed by atoms with E-state index < -0.39 is 0 Å². The molecule has 0 radical (unpaired) electrons. The van der Waals surface area contributed by atoms with Crippen LogP contribution >= 0.6 is 0 Å². The highest BCUT2D eigenvalue weighted by molar-refractivity contribution is 5.93. The summed E-state index contributed by atoms with van der Waals surface area (Å²) >= 11 is 0. The molecule has 0 aliphatic heterocycles. The van der Waals surface area contributed by atoms with Gasteiger partial charge in [0.05, 0.1) is 11.7 Å². The number of aromatic nitrogens is 3. The van der Waals surface area contributed by atoms with Crippen molar-refractivity contribution in [3.63, 3.8) is 0 Å². The minimum Gasteiger partial charge on any atom is -0.362 e. The van der Waals surface area contributed by atoms with E-state index in [1.165, 1.54) is 11.1 Å². The lowest BCUT2D eigenvalue weighted by molar-refractivity contribution is 0.857. The van der Waals surface area contributed by atoms with Crippen LogP contribution in [0.25, 0.3) is 10.8 Å². The molecule has 1 atom stereocenters. The van der Waals surface area contributed by atoms with Crippen LogP contribution < -0.4 is 5.32 Å². The van der Waals surface area contributed by atoms with Gasteiger partial charge in [-0.3, -0.25) is 4.98 Å². The van der Waals surface area contributed by atoms with Crippen molar-refractivity contribution in [1.29, 1.82) is 0 Å². The molecule has 0 amide bonds. The third kappa shape index (κ3) is 3.40. The molecular formula is C22H20N4. The molecule has 0 spiro atoms. The lowest BCUT2D eigenvalue weighted by atomic mass is 10.0. The van der Waals surface area contributed by atoms with Crippen molar-refractivity contribution in [3.8, 4) is 0 Å². The standard InChI is InChI=1S/C22H20N4/c1-16(18-7-3-2-4-8-18)24-22-20-10-6-5-9-19(20)21(25-26-22)15-17-11-13-23-14-12-17/h2-14,16H,15H2,1H3,(H,24,26)/t16-/m0/s1. The third-order valence-electron chi connectivity index (χ3n) is 4.54. The van der Waals surface area contributed by atoms with E-state index in [4.69, 9.17) is 0 Å². The Morgan fingerprint density at radius 3 is 2.27 bits per heavy atom. The van der Waals surface area contributed by atoms with Gasteiger partial charge in [0.1, 0.15) is 0 Å². The Kier molecular flexibility index (Phi) is 4.56. The van der Waals surface area contributed by atoms with E-state index in [1.807, 2.05) is 42.7 Å². The molecule has 0 aliphatic carbocycles. The van der Waals surface area contributed by atoms with Crippen molar-refractivity contribution >= 4 is 16.6 Å². The second kappa shape index (κ2) is 7.31. The summed E-state index contributed by atoms with van der Waals surface area (Å²) in [7, 11) is 0. The fourth-order valence-electron chi connectivity index (χ4n) is 3.12. The summed E-state index contributed by atoms with van der Waals surface area (Å²) in [6.07, 6.45) is 4.36. The highest BCUT2D eigenvalue weighted by atomic mass is 15.2. The van der Waals surface area contributed by atoms with E-state index in [0.717, 1.165) is 28.7 Å². The van der Waals surface area contributed by atoms with Crippen molar-refractivity contribution in [2.45, 2.75) is 19.4 Å². The summed E-state index contributed by atoms with van der Waals surface area (Å²) in [4.78, 5) is 4.08. The predicted molar refractivity (Wildman–Crippen MR) is 105 cm³/mol. The van der Waals surface area contributed by atoms with Crippen LogP contribution in [0.15, 0.2) is 79.1 Å². The second-order valence-corrected chi connectivity index (χ2v) is 6.35. The van der Waals surface area contributed by atoms with Gasteiger partial charge in [0, 0.05) is 29.6 Å². The Morgan fingerprint density at radius 1 is 0.808 bits per heavy atom. The van der Waals surface area contributed by atoms with E-state index in [-0.39, 0.29) is 6.04 Å². The summed E-state index contributed by atoms with van der Waals surface area (Å²) in [6.45, 7) is 2.14. The number of nitrogens with zero attached hydrogens (tertiary/aromatic N) is 3. The summed E-state index contributed by atoms with van der Waals surface area (Å²) < 4.78 is 0. The van der Waals surface area contributed by atoms with E-state index in [1.54, 1.807) is 0 Å². The van der Waals surface area contributed by atoms with Crippen molar-refractivity contribution in [1.82, 2.24) is 15.2 Å². The molecular weight excluding hydrogens is 320 g/mol. The number of hydrogen-bond acceptors (Lipinski definition) is 4. The zero-order valence-corrected chi connectivity index (χ0v) is 14.6. The minimum atomic E-state index is 0.153. The molecule has 4 heteroatoms. The highest BCUT2D eigenvalue weighted by Gasteiger charge is 2.12. The first-order valence-corrected chi connectivity index (χ1v) is 8.76. The van der Waals surface area contributed by atoms with Gasteiger partial charge in [-0.25, -0.2) is 0 Å². The maximum atomic E-state index is 4.52. The Balaban J connectivity index is 1.68. The van der Waals surface area contributed by atoms with Gasteiger partial charge < -0.3 is 5.32 Å². The highest BCUT2D eigenvalue weighted by Crippen LogP contribution is 2.27. The molecule has 4 rings (SSSR count). The van der Waals surface area contributed by atoms with Crippen LogP contribution in [-0.2, 0) is 6.42 Å². The van der Waals surface area contributed by atoms with Gasteiger partial charge in [-0.15, -0.1) is 5.10 Å². The average Bonchev–Trinajstić information content (AvgIpc) is 2.71. The monoisotopic (exact) mass is 340 g/mol. The largest absolute Gasteiger partial charge is 0.362 e. The van der Waals surface area contributed by atoms with Gasteiger partial charge >= 0.3 is 0 Å². The molecule has 0 fully saturated rings. The zero-order valence-electron chi connectivity index (χ0n) is 14.6. The average molecular weight is 340 g/mol. The number of benzene rings is 2. The van der Waals surface area contributed by atoms with Gasteiger partial charge in [0.15, 0.2) is 5.82 Å². The zero-order chi connectivity index (χ0) is 17.8. The fourth-order valence-corrected chi connectivity index (χ4v) is 3.12. The number of hydrogen-bond donors (Lipinski definition) is 1. The first-order chi connectivity index (χ1) is 12.8. The summed E-state index contributed by atoms with van der Waals surface area (Å²) in [5.74, 6) is 0.815. The fraction of sp³-hybridized carbons (Fsp3) is 0.136. The molecule has 1 N–H and O–H groups in total. The molecule has 0 bridgehead atoms. The smallest absolute Gasteiger partial charge is 0.157 e. The van der Waals surface area contributed by atoms with Crippen molar-refractivity contribution < 1.29 is 0 Å². The number of nitrogens with one attached hydrogen (secondary N) is 1. The molecule has 128 valence electrons. The molecule has 2 heterocycles. The Labute approximate surface area is 152 Å². The van der Waals surface area contributed by atoms with Crippen molar-refractivity contribution in [3.05, 3.63) is 95.9 Å². The van der Waals surface area contributed by atoms with Crippen LogP contribution in [0.2, 0.25) is 0 Å². The summed E-state index contributed by atoms with van der Waals surface area (Å²) in [6, 6.07) is 22.8. The minimum absolute atomic E-state index is 0.153. The normalized spacial score (nSPS) is 12.0. The Morgan fingerprint density at radius 2 is 1.50 bits per heavy atom. The molecule has 0 unspecified atom stereocenters. The van der Waals surface area contributed by atoms with E-state index in [0.29, 0.717) is 0 Å². The molecule has 0 saturated heterocycles. The summed E-state index contributed by atoms with van der Waals surface area (Å²) in [5.41, 5.74) is 3.38. The van der Waals surface area contributed by atoms with Crippen LogP contribution in [0, 0.1) is 0 Å². The topological polar surface area (TPSA) is 50.7 Å². The number of fused-ring (bicyclic) bond motifs is 1. The molecule has 0 aliphatic rings. The lowest BCUT2D eigenvalue weighted by Gasteiger charge is -2.17. The SMILES string of the molecule is C[C@H](Nc1nnc(Cc2ccncc2)c2ccccc12)c1ccccc1. The van der Waals surface area contributed by atoms with Gasteiger partial charge in [-0.2, -0.15) is 5.10 Å². The maximum Gasteiger partial charge on any atom is 0.157 e. The van der Waals surface area contributed by atoms with Crippen molar-refractivity contribution in [2.24, 2.45) is 0 Å². The van der Waals surface area contributed by atoms with Crippen LogP contribution in [0.3, 0.4) is 0 Å². The molecule has 2 aromatic carbocycles. The van der Waals surface area contributed by atoms with Crippen LogP contribution in [0.1, 0.15) is 29.8 Å². The van der Waals surface area contributed by atoms with Crippen LogP contribution in [0.4, 0.5) is 5.82 Å². The second-order valence-electron chi connectivity index (χ2n) is 6.35. The first kappa shape index (κ1) is 16.2. The first-order valence-electron chi connectivity index (χ1n) is 8.76. The van der Waals surface area contributed by atoms with Gasteiger partial charge in [-0.05, 0) is 30.2 Å². The van der Waals surface area contributed by atoms with Gasteiger partial charge in [0.2, 0.25) is 0 Å². The maximum absolute atomic E-state index is 4.52. The van der Waals surface area contributed by atoms with Gasteiger partial charge in [0.25, 0.3) is 0 Å². The number of rotatable bonds is 5. The molecule has 26 heavy (non-hydrogen) atoms. The predicted octanol–water partition coefficient (Wildman–Crippen LogP) is 4.79. The van der Waals surface area contributed by atoms with Gasteiger partial charge in [-0.1, -0.05) is 54.6 Å². The quantitative estimate of drug-likeness (QED) is 0.567. The Hall–Kier alpha value is -3.27. The Bertz CT molecular complexity index is 1000. The van der Waals surface area contributed by atoms with Crippen molar-refractivity contribution in [2.75, 3.05) is 5.32 Å². The molecule has 0 saturated carbocycles. The lowest BCUT2D eigenvalue weighted by Crippen LogP contribution is -2.10. The molecule has 4 aromatic rings. The van der Waals surface area contributed by atoms with Crippen LogP contribution in [-0.4, -0.2) is 15.2 Å².